The second-order valence-electron chi connectivity index (χ2n) is 3.43. The molecule has 2 nitrogen and oxygen atoms in total. The molecule has 0 aromatic carbocycles. The Morgan fingerprint density at radius 2 is 2.33 bits per heavy atom. The molecule has 0 aromatic heterocycles. The molecule has 0 aromatic rings. The molecule has 0 saturated heterocycles. The van der Waals surface area contributed by atoms with E-state index in [1.807, 2.05) is 0 Å². The molecule has 1 rings (SSSR count). The van der Waals surface area contributed by atoms with Crippen LogP contribution in [0.3, 0.4) is 0 Å². The van der Waals surface area contributed by atoms with Gasteiger partial charge in [0, 0.05) is 12.5 Å². The Morgan fingerprint density at radius 3 is 2.92 bits per heavy atom. The predicted octanol–water partition coefficient (Wildman–Crippen LogP) is 1.54. The first-order chi connectivity index (χ1) is 5.79. The highest BCUT2D eigenvalue weighted by Gasteiger charge is 2.40. The summed E-state index contributed by atoms with van der Waals surface area (Å²) in [5.41, 5.74) is 0. The summed E-state index contributed by atoms with van der Waals surface area (Å²) in [6, 6.07) is 0. The van der Waals surface area contributed by atoms with Crippen molar-refractivity contribution in [2.75, 3.05) is 6.61 Å². The first kappa shape index (κ1) is 9.46. The molecule has 68 valence electrons. The highest BCUT2D eigenvalue weighted by atomic mass is 16.2. The summed E-state index contributed by atoms with van der Waals surface area (Å²) in [7, 11) is 0. The third-order valence-corrected chi connectivity index (χ3v) is 2.47. The van der Waals surface area contributed by atoms with Crippen molar-refractivity contribution in [1.29, 1.82) is 0 Å². The molecule has 0 bridgehead atoms. The summed E-state index contributed by atoms with van der Waals surface area (Å²) >= 11 is 0. The van der Waals surface area contributed by atoms with Gasteiger partial charge in [-0.3, -0.25) is 4.79 Å². The Morgan fingerprint density at radius 1 is 1.58 bits per heavy atom. The molecule has 1 aliphatic rings. The zero-order chi connectivity index (χ0) is 8.97. The normalized spacial score (nSPS) is 26.8. The minimum Gasteiger partial charge on any atom is -0.396 e. The summed E-state index contributed by atoms with van der Waals surface area (Å²) in [4.78, 5) is 11.0. The summed E-state index contributed by atoms with van der Waals surface area (Å²) < 4.78 is 0. The van der Waals surface area contributed by atoms with Gasteiger partial charge in [-0.2, -0.15) is 0 Å². The van der Waals surface area contributed by atoms with Gasteiger partial charge in [0.25, 0.3) is 0 Å². The van der Waals surface area contributed by atoms with E-state index in [4.69, 9.17) is 5.11 Å². The Kier molecular flexibility index (Phi) is 3.48. The molecule has 0 heterocycles. The monoisotopic (exact) mass is 168 g/mol. The number of hydrogen-bond donors (Lipinski definition) is 1. The van der Waals surface area contributed by atoms with Gasteiger partial charge < -0.3 is 5.11 Å². The summed E-state index contributed by atoms with van der Waals surface area (Å²) in [6.07, 6.45) is 5.46. The number of aliphatic hydroxyl groups is 1. The van der Waals surface area contributed by atoms with Gasteiger partial charge in [-0.1, -0.05) is 13.0 Å². The van der Waals surface area contributed by atoms with E-state index in [1.54, 1.807) is 0 Å². The SMILES string of the molecule is C=CC(=O)[C@@H]1C[C@@H]1CCCCO. The number of carbonyl (C=O) groups is 1. The lowest BCUT2D eigenvalue weighted by molar-refractivity contribution is -0.116. The number of hydrogen-bond acceptors (Lipinski definition) is 2. The Balaban J connectivity index is 2.07. The van der Waals surface area contributed by atoms with Crippen molar-refractivity contribution in [2.45, 2.75) is 25.7 Å². The minimum atomic E-state index is 0.198. The van der Waals surface area contributed by atoms with Gasteiger partial charge in [-0.25, -0.2) is 0 Å². The van der Waals surface area contributed by atoms with E-state index in [-0.39, 0.29) is 18.3 Å². The second-order valence-corrected chi connectivity index (χ2v) is 3.43. The van der Waals surface area contributed by atoms with Crippen LogP contribution in [-0.2, 0) is 4.79 Å². The smallest absolute Gasteiger partial charge is 0.158 e. The lowest BCUT2D eigenvalue weighted by Gasteiger charge is -1.95. The molecule has 1 fully saturated rings. The van der Waals surface area contributed by atoms with E-state index in [0.717, 1.165) is 25.7 Å². The molecular weight excluding hydrogens is 152 g/mol. The molecule has 1 N–H and O–H groups in total. The van der Waals surface area contributed by atoms with Crippen molar-refractivity contribution in [2.24, 2.45) is 11.8 Å². The van der Waals surface area contributed by atoms with Gasteiger partial charge in [-0.05, 0) is 31.3 Å². The predicted molar refractivity (Wildman–Crippen MR) is 47.7 cm³/mol. The fourth-order valence-corrected chi connectivity index (χ4v) is 1.58. The Bertz CT molecular complexity index is 175. The van der Waals surface area contributed by atoms with Crippen LogP contribution < -0.4 is 0 Å². The molecule has 2 heteroatoms. The molecule has 0 aliphatic heterocycles. The third-order valence-electron chi connectivity index (χ3n) is 2.47. The van der Waals surface area contributed by atoms with Gasteiger partial charge in [0.2, 0.25) is 0 Å². The number of carbonyl (C=O) groups excluding carboxylic acids is 1. The Hall–Kier alpha value is -0.630. The van der Waals surface area contributed by atoms with Gasteiger partial charge in [0.05, 0.1) is 0 Å². The van der Waals surface area contributed by atoms with Crippen molar-refractivity contribution >= 4 is 5.78 Å². The largest absolute Gasteiger partial charge is 0.396 e. The number of unbranched alkanes of at least 4 members (excludes halogenated alkanes) is 1. The van der Waals surface area contributed by atoms with Crippen LogP contribution in [0.2, 0.25) is 0 Å². The van der Waals surface area contributed by atoms with Gasteiger partial charge in [0.15, 0.2) is 5.78 Å². The van der Waals surface area contributed by atoms with Gasteiger partial charge in [-0.15, -0.1) is 0 Å². The lowest BCUT2D eigenvalue weighted by Crippen LogP contribution is -1.97. The first-order valence-corrected chi connectivity index (χ1v) is 4.56. The van der Waals surface area contributed by atoms with E-state index >= 15 is 0 Å². The molecule has 0 radical (unpaired) electrons. The van der Waals surface area contributed by atoms with E-state index < -0.39 is 0 Å². The molecule has 0 amide bonds. The number of ketones is 1. The zero-order valence-electron chi connectivity index (χ0n) is 7.33. The standard InChI is InChI=1S/C10H16O2/c1-2-10(12)9-7-8(9)5-3-4-6-11/h2,8-9,11H,1,3-7H2/t8-,9+/m0/s1. The van der Waals surface area contributed by atoms with Crippen LogP contribution in [0.5, 0.6) is 0 Å². The maximum Gasteiger partial charge on any atom is 0.158 e. The average molecular weight is 168 g/mol. The molecule has 12 heavy (non-hydrogen) atoms. The van der Waals surface area contributed by atoms with E-state index in [9.17, 15) is 4.79 Å². The number of allylic oxidation sites excluding steroid dienone is 1. The topological polar surface area (TPSA) is 37.3 Å². The lowest BCUT2D eigenvalue weighted by atomic mass is 10.1. The van der Waals surface area contributed by atoms with E-state index in [1.165, 1.54) is 6.08 Å². The van der Waals surface area contributed by atoms with E-state index in [2.05, 4.69) is 6.58 Å². The highest BCUT2D eigenvalue weighted by molar-refractivity contribution is 5.93. The van der Waals surface area contributed by atoms with Crippen LogP contribution >= 0.6 is 0 Å². The van der Waals surface area contributed by atoms with Crippen LogP contribution in [0.1, 0.15) is 25.7 Å². The fourth-order valence-electron chi connectivity index (χ4n) is 1.58. The quantitative estimate of drug-likeness (QED) is 0.482. The number of aliphatic hydroxyl groups excluding tert-OH is 1. The van der Waals surface area contributed by atoms with E-state index in [0.29, 0.717) is 5.92 Å². The van der Waals surface area contributed by atoms with Crippen LogP contribution in [-0.4, -0.2) is 17.5 Å². The Labute approximate surface area is 73.3 Å². The average Bonchev–Trinajstić information content (AvgIpc) is 2.83. The van der Waals surface area contributed by atoms with Crippen molar-refractivity contribution in [3.05, 3.63) is 12.7 Å². The van der Waals surface area contributed by atoms with Gasteiger partial charge in [0.1, 0.15) is 0 Å². The van der Waals surface area contributed by atoms with Crippen LogP contribution in [0.15, 0.2) is 12.7 Å². The molecular formula is C10H16O2. The number of rotatable bonds is 6. The molecule has 0 unspecified atom stereocenters. The van der Waals surface area contributed by atoms with Crippen molar-refractivity contribution < 1.29 is 9.90 Å². The van der Waals surface area contributed by atoms with Crippen LogP contribution in [0.4, 0.5) is 0 Å². The molecule has 2 atom stereocenters. The molecule has 1 saturated carbocycles. The summed E-state index contributed by atoms with van der Waals surface area (Å²) in [6.45, 7) is 3.73. The zero-order valence-corrected chi connectivity index (χ0v) is 7.33. The van der Waals surface area contributed by atoms with Crippen molar-refractivity contribution in [3.63, 3.8) is 0 Å². The second kappa shape index (κ2) is 4.41. The fraction of sp³-hybridized carbons (Fsp3) is 0.700. The van der Waals surface area contributed by atoms with Crippen molar-refractivity contribution in [1.82, 2.24) is 0 Å². The molecule has 1 aliphatic carbocycles. The van der Waals surface area contributed by atoms with Crippen LogP contribution in [0.25, 0.3) is 0 Å². The van der Waals surface area contributed by atoms with Crippen molar-refractivity contribution in [3.8, 4) is 0 Å². The summed E-state index contributed by atoms with van der Waals surface area (Å²) in [5.74, 6) is 1.05. The third kappa shape index (κ3) is 2.45. The van der Waals surface area contributed by atoms with Gasteiger partial charge >= 0.3 is 0 Å². The maximum atomic E-state index is 11.0. The highest BCUT2D eigenvalue weighted by Crippen LogP contribution is 2.42. The summed E-state index contributed by atoms with van der Waals surface area (Å²) in [5, 5.41) is 8.54. The molecule has 0 spiro atoms. The maximum absolute atomic E-state index is 11.0. The van der Waals surface area contributed by atoms with Crippen LogP contribution in [0, 0.1) is 11.8 Å². The minimum absolute atomic E-state index is 0.198. The first-order valence-electron chi connectivity index (χ1n) is 4.56.